The van der Waals surface area contributed by atoms with E-state index in [4.69, 9.17) is 5.73 Å². The highest BCUT2D eigenvalue weighted by molar-refractivity contribution is 9.10. The highest BCUT2D eigenvalue weighted by atomic mass is 79.9. The Morgan fingerprint density at radius 2 is 2.00 bits per heavy atom. The zero-order valence-electron chi connectivity index (χ0n) is 12.4. The molecule has 0 radical (unpaired) electrons. The summed E-state index contributed by atoms with van der Waals surface area (Å²) in [6, 6.07) is 6.56. The summed E-state index contributed by atoms with van der Waals surface area (Å²) in [5.74, 6) is 0.409. The zero-order chi connectivity index (χ0) is 16.2. The molecule has 0 saturated carbocycles. The third kappa shape index (κ3) is 4.54. The molecule has 2 rings (SSSR count). The number of amides is 1. The van der Waals surface area contributed by atoms with E-state index < -0.39 is 9.84 Å². The third-order valence-corrected chi connectivity index (χ3v) is 6.29. The summed E-state index contributed by atoms with van der Waals surface area (Å²) in [6.07, 6.45) is 1.56. The molecule has 1 aromatic carbocycles. The fourth-order valence-electron chi connectivity index (χ4n) is 2.58. The summed E-state index contributed by atoms with van der Waals surface area (Å²) in [5, 5.41) is 0. The van der Waals surface area contributed by atoms with Gasteiger partial charge in [0, 0.05) is 24.0 Å². The minimum Gasteiger partial charge on any atom is -0.342 e. The van der Waals surface area contributed by atoms with Crippen LogP contribution in [0.5, 0.6) is 0 Å². The van der Waals surface area contributed by atoms with Crippen molar-refractivity contribution in [2.45, 2.75) is 24.2 Å². The van der Waals surface area contributed by atoms with Crippen LogP contribution < -0.4 is 5.73 Å². The van der Waals surface area contributed by atoms with E-state index in [9.17, 15) is 13.2 Å². The lowest BCUT2D eigenvalue weighted by Gasteiger charge is -2.16. The van der Waals surface area contributed by atoms with E-state index >= 15 is 0 Å². The molecule has 1 aliphatic heterocycles. The Morgan fingerprint density at radius 3 is 2.59 bits per heavy atom. The molecule has 0 aliphatic carbocycles. The number of halogens is 1. The van der Waals surface area contributed by atoms with Gasteiger partial charge in [-0.1, -0.05) is 15.9 Å². The quantitative estimate of drug-likeness (QED) is 0.805. The molecule has 0 spiro atoms. The fourth-order valence-corrected chi connectivity index (χ4v) is 4.16. The number of likely N-dealkylation sites (tertiary alicyclic amines) is 1. The first-order chi connectivity index (χ1) is 10.4. The van der Waals surface area contributed by atoms with Gasteiger partial charge in [0.2, 0.25) is 5.91 Å². The average molecular weight is 389 g/mol. The minimum absolute atomic E-state index is 0.00543. The molecule has 7 heteroatoms. The van der Waals surface area contributed by atoms with Gasteiger partial charge in [0.05, 0.1) is 10.6 Å². The predicted octanol–water partition coefficient (Wildman–Crippen LogP) is 1.81. The van der Waals surface area contributed by atoms with E-state index in [1.54, 1.807) is 29.2 Å². The highest BCUT2D eigenvalue weighted by Gasteiger charge is 2.25. The Bertz CT molecular complexity index is 616. The lowest BCUT2D eigenvalue weighted by atomic mass is 10.1. The van der Waals surface area contributed by atoms with Crippen molar-refractivity contribution >= 4 is 31.7 Å². The van der Waals surface area contributed by atoms with Gasteiger partial charge in [-0.3, -0.25) is 4.79 Å². The van der Waals surface area contributed by atoms with Crippen LogP contribution in [0.4, 0.5) is 0 Å². The molecule has 0 bridgehead atoms. The second kappa shape index (κ2) is 7.57. The molecule has 1 heterocycles. The van der Waals surface area contributed by atoms with E-state index in [0.29, 0.717) is 30.3 Å². The number of nitrogens with two attached hydrogens (primary N) is 1. The maximum atomic E-state index is 12.2. The molecule has 1 fully saturated rings. The fraction of sp³-hybridized carbons (Fsp3) is 0.533. The summed E-state index contributed by atoms with van der Waals surface area (Å²) in [6.45, 7) is 2.04. The van der Waals surface area contributed by atoms with Crippen molar-refractivity contribution < 1.29 is 13.2 Å². The molecule has 5 nitrogen and oxygen atoms in total. The van der Waals surface area contributed by atoms with Crippen molar-refractivity contribution in [2.24, 2.45) is 11.7 Å². The second-order valence-electron chi connectivity index (χ2n) is 5.61. The van der Waals surface area contributed by atoms with Crippen molar-refractivity contribution in [1.82, 2.24) is 4.90 Å². The maximum absolute atomic E-state index is 12.2. The molecule has 1 aromatic rings. The number of rotatable bonds is 6. The summed E-state index contributed by atoms with van der Waals surface area (Å²) in [5.41, 5.74) is 5.61. The number of sulfone groups is 1. The molecular weight excluding hydrogens is 368 g/mol. The molecule has 1 amide bonds. The van der Waals surface area contributed by atoms with Crippen molar-refractivity contribution in [3.05, 3.63) is 28.7 Å². The molecule has 1 saturated heterocycles. The Kier molecular flexibility index (Phi) is 6.00. The summed E-state index contributed by atoms with van der Waals surface area (Å²) in [7, 11) is -3.32. The minimum atomic E-state index is -3.32. The molecule has 0 aromatic heterocycles. The number of hydrogen-bond donors (Lipinski definition) is 1. The largest absolute Gasteiger partial charge is 0.342 e. The van der Waals surface area contributed by atoms with E-state index in [1.807, 2.05) is 0 Å². The van der Waals surface area contributed by atoms with Crippen LogP contribution in [0.15, 0.2) is 33.6 Å². The van der Waals surface area contributed by atoms with Crippen LogP contribution in [-0.4, -0.2) is 44.6 Å². The van der Waals surface area contributed by atoms with Crippen molar-refractivity contribution in [3.8, 4) is 0 Å². The first kappa shape index (κ1) is 17.4. The van der Waals surface area contributed by atoms with Gasteiger partial charge in [-0.25, -0.2) is 8.42 Å². The Morgan fingerprint density at radius 1 is 1.32 bits per heavy atom. The van der Waals surface area contributed by atoms with Gasteiger partial charge in [0.25, 0.3) is 0 Å². The van der Waals surface area contributed by atoms with E-state index in [2.05, 4.69) is 15.9 Å². The average Bonchev–Trinajstić information content (AvgIpc) is 2.96. The van der Waals surface area contributed by atoms with E-state index in [-0.39, 0.29) is 18.1 Å². The SMILES string of the molecule is NCC1CCN(C(=O)CCCS(=O)(=O)c2ccc(Br)cc2)C1. The molecule has 22 heavy (non-hydrogen) atoms. The maximum Gasteiger partial charge on any atom is 0.222 e. The molecule has 1 unspecified atom stereocenters. The first-order valence-corrected chi connectivity index (χ1v) is 9.83. The number of carbonyl (C=O) groups excluding carboxylic acids is 1. The van der Waals surface area contributed by atoms with Crippen molar-refractivity contribution in [3.63, 3.8) is 0 Å². The Hall–Kier alpha value is -0.920. The van der Waals surface area contributed by atoms with Gasteiger partial charge < -0.3 is 10.6 Å². The molecular formula is C15H21BrN2O3S. The summed E-state index contributed by atoms with van der Waals surface area (Å²) >= 11 is 3.28. The molecule has 2 N–H and O–H groups in total. The van der Waals surface area contributed by atoms with Crippen LogP contribution in [0.25, 0.3) is 0 Å². The van der Waals surface area contributed by atoms with Crippen LogP contribution in [0.3, 0.4) is 0 Å². The van der Waals surface area contributed by atoms with Gasteiger partial charge >= 0.3 is 0 Å². The molecule has 1 aliphatic rings. The van der Waals surface area contributed by atoms with Crippen molar-refractivity contribution in [1.29, 1.82) is 0 Å². The van der Waals surface area contributed by atoms with E-state index in [0.717, 1.165) is 17.4 Å². The highest BCUT2D eigenvalue weighted by Crippen LogP contribution is 2.19. The third-order valence-electron chi connectivity index (χ3n) is 3.95. The van der Waals surface area contributed by atoms with Gasteiger partial charge in [0.15, 0.2) is 9.84 Å². The number of benzene rings is 1. The topological polar surface area (TPSA) is 80.5 Å². The summed E-state index contributed by atoms with van der Waals surface area (Å²) < 4.78 is 25.2. The van der Waals surface area contributed by atoms with Crippen LogP contribution in [0, 0.1) is 5.92 Å². The summed E-state index contributed by atoms with van der Waals surface area (Å²) in [4.78, 5) is 14.2. The van der Waals surface area contributed by atoms with Gasteiger partial charge in [-0.15, -0.1) is 0 Å². The van der Waals surface area contributed by atoms with Crippen LogP contribution in [0.2, 0.25) is 0 Å². The number of nitrogens with zero attached hydrogens (tertiary/aromatic N) is 1. The first-order valence-electron chi connectivity index (χ1n) is 7.38. The Labute approximate surface area is 139 Å². The van der Waals surface area contributed by atoms with Crippen LogP contribution in [-0.2, 0) is 14.6 Å². The lowest BCUT2D eigenvalue weighted by Crippen LogP contribution is -2.30. The van der Waals surface area contributed by atoms with Crippen molar-refractivity contribution in [2.75, 3.05) is 25.4 Å². The normalized spacial score (nSPS) is 18.6. The number of carbonyl (C=O) groups is 1. The van der Waals surface area contributed by atoms with Gasteiger partial charge in [0.1, 0.15) is 0 Å². The predicted molar refractivity (Wildman–Crippen MR) is 89.2 cm³/mol. The number of hydrogen-bond acceptors (Lipinski definition) is 4. The van der Waals surface area contributed by atoms with Crippen LogP contribution >= 0.6 is 15.9 Å². The molecule has 1 atom stereocenters. The zero-order valence-corrected chi connectivity index (χ0v) is 14.8. The standard InChI is InChI=1S/C15H21BrN2O3S/c16-13-3-5-14(6-4-13)22(20,21)9-1-2-15(19)18-8-7-12(10-17)11-18/h3-6,12H,1-2,7-11,17H2. The lowest BCUT2D eigenvalue weighted by molar-refractivity contribution is -0.130. The van der Waals surface area contributed by atoms with Gasteiger partial charge in [-0.2, -0.15) is 0 Å². The molecule has 122 valence electrons. The monoisotopic (exact) mass is 388 g/mol. The van der Waals surface area contributed by atoms with Gasteiger partial charge in [-0.05, 0) is 49.6 Å². The van der Waals surface area contributed by atoms with E-state index in [1.165, 1.54) is 0 Å². The Balaban J connectivity index is 1.83. The second-order valence-corrected chi connectivity index (χ2v) is 8.63. The smallest absolute Gasteiger partial charge is 0.222 e. The van der Waals surface area contributed by atoms with Crippen LogP contribution in [0.1, 0.15) is 19.3 Å².